The van der Waals surface area contributed by atoms with E-state index in [2.05, 4.69) is 6.92 Å². The number of nitrogens with zero attached hydrogens (tertiary/aromatic N) is 1. The van der Waals surface area contributed by atoms with Gasteiger partial charge in [-0.15, -0.1) is 0 Å². The van der Waals surface area contributed by atoms with Crippen molar-refractivity contribution in [3.8, 4) is 5.75 Å². The van der Waals surface area contributed by atoms with E-state index < -0.39 is 10.5 Å². The maximum absolute atomic E-state index is 11.5. The van der Waals surface area contributed by atoms with Crippen LogP contribution in [-0.2, 0) is 6.42 Å². The molecule has 4 atom stereocenters. The number of hydrogen-bond acceptors (Lipinski definition) is 4. The van der Waals surface area contributed by atoms with Crippen LogP contribution in [0.4, 0.5) is 5.69 Å². The first-order valence-electron chi connectivity index (χ1n) is 10.1. The molecule has 4 saturated carbocycles. The van der Waals surface area contributed by atoms with Crippen molar-refractivity contribution < 1.29 is 15.1 Å². The second-order valence-corrected chi connectivity index (χ2v) is 9.42. The van der Waals surface area contributed by atoms with Gasteiger partial charge in [-0.3, -0.25) is 10.1 Å². The fraction of sp³-hybridized carbons (Fsp3) is 0.714. The number of hydrogen-bond donors (Lipinski definition) is 2. The van der Waals surface area contributed by atoms with Gasteiger partial charge in [0.1, 0.15) is 0 Å². The second-order valence-electron chi connectivity index (χ2n) is 9.42. The first-order chi connectivity index (χ1) is 12.4. The van der Waals surface area contributed by atoms with Gasteiger partial charge in [-0.05, 0) is 92.1 Å². The summed E-state index contributed by atoms with van der Waals surface area (Å²) in [6, 6.07) is 3.43. The highest BCUT2D eigenvalue weighted by Crippen LogP contribution is 2.68. The van der Waals surface area contributed by atoms with Crippen molar-refractivity contribution in [2.24, 2.45) is 23.2 Å². The molecule has 26 heavy (non-hydrogen) atoms. The van der Waals surface area contributed by atoms with Crippen molar-refractivity contribution in [1.82, 2.24) is 0 Å². The van der Waals surface area contributed by atoms with Crippen LogP contribution in [0.2, 0.25) is 0 Å². The Morgan fingerprint density at radius 1 is 1.15 bits per heavy atom. The van der Waals surface area contributed by atoms with Crippen LogP contribution < -0.4 is 0 Å². The first kappa shape index (κ1) is 16.5. The zero-order valence-corrected chi connectivity index (χ0v) is 15.3. The van der Waals surface area contributed by atoms with Gasteiger partial charge in [0.15, 0.2) is 5.75 Å². The average Bonchev–Trinajstić information content (AvgIpc) is 2.61. The van der Waals surface area contributed by atoms with Crippen molar-refractivity contribution >= 4 is 5.69 Å². The van der Waals surface area contributed by atoms with Crippen molar-refractivity contribution in [3.63, 3.8) is 0 Å². The summed E-state index contributed by atoms with van der Waals surface area (Å²) in [6.07, 6.45) is 7.73. The van der Waals surface area contributed by atoms with Crippen LogP contribution in [0.5, 0.6) is 5.75 Å². The average molecular weight is 357 g/mol. The molecule has 2 bridgehead atoms. The van der Waals surface area contributed by atoms with Gasteiger partial charge in [0.05, 0.1) is 10.5 Å². The van der Waals surface area contributed by atoms with Crippen LogP contribution in [-0.4, -0.2) is 20.7 Å². The molecular formula is C21H27NO4. The molecule has 4 fully saturated rings. The van der Waals surface area contributed by atoms with Gasteiger partial charge >= 0.3 is 5.69 Å². The highest BCUT2D eigenvalue weighted by Gasteiger charge is 2.64. The van der Waals surface area contributed by atoms with Gasteiger partial charge in [0.25, 0.3) is 0 Å². The van der Waals surface area contributed by atoms with E-state index in [1.54, 1.807) is 0 Å². The molecule has 0 aliphatic heterocycles. The maximum atomic E-state index is 11.5. The number of phenolic OH excluding ortho intramolecular Hbond substituents is 1. The van der Waals surface area contributed by atoms with E-state index in [0.717, 1.165) is 56.1 Å². The first-order valence-corrected chi connectivity index (χ1v) is 10.1. The zero-order valence-electron chi connectivity index (χ0n) is 15.3. The lowest BCUT2D eigenvalue weighted by molar-refractivity contribution is -0.386. The van der Waals surface area contributed by atoms with Crippen molar-refractivity contribution in [2.75, 3.05) is 0 Å². The number of phenols is 1. The Labute approximate surface area is 153 Å². The van der Waals surface area contributed by atoms with Gasteiger partial charge < -0.3 is 10.2 Å². The van der Waals surface area contributed by atoms with E-state index in [1.807, 2.05) is 6.07 Å². The topological polar surface area (TPSA) is 83.6 Å². The van der Waals surface area contributed by atoms with Crippen LogP contribution in [0.3, 0.4) is 0 Å². The normalized spacial score (nSPS) is 43.3. The molecule has 0 radical (unpaired) electrons. The molecule has 0 heterocycles. The predicted octanol–water partition coefficient (Wildman–Crippen LogP) is 4.30. The molecule has 0 saturated heterocycles. The van der Waals surface area contributed by atoms with Gasteiger partial charge in [-0.25, -0.2) is 0 Å². The lowest BCUT2D eigenvalue weighted by Gasteiger charge is -2.66. The van der Waals surface area contributed by atoms with Gasteiger partial charge in [-0.1, -0.05) is 13.0 Å². The SMILES string of the molecule is C[C@]12CC[C@@H]3c4ccc(O)c([N+](=O)[O-])c4CC[C@H]3C1C1CCC2(O)CC1. The minimum absolute atomic E-state index is 0.00428. The Morgan fingerprint density at radius 3 is 2.58 bits per heavy atom. The Balaban J connectivity index is 1.59. The summed E-state index contributed by atoms with van der Waals surface area (Å²) in [4.78, 5) is 11.1. The summed E-state index contributed by atoms with van der Waals surface area (Å²) < 4.78 is 0. The number of aliphatic hydroxyl groups is 1. The third kappa shape index (κ3) is 1.90. The molecule has 6 rings (SSSR count). The zero-order chi connectivity index (χ0) is 18.3. The van der Waals surface area contributed by atoms with Gasteiger partial charge in [0, 0.05) is 5.56 Å². The lowest BCUT2D eigenvalue weighted by atomic mass is 9.40. The summed E-state index contributed by atoms with van der Waals surface area (Å²) >= 11 is 0. The second kappa shape index (κ2) is 5.22. The molecule has 5 aliphatic rings. The maximum Gasteiger partial charge on any atom is 0.314 e. The summed E-state index contributed by atoms with van der Waals surface area (Å²) in [6.45, 7) is 2.31. The molecule has 0 amide bonds. The lowest BCUT2D eigenvalue weighted by Crippen LogP contribution is -2.64. The Kier molecular flexibility index (Phi) is 3.32. The monoisotopic (exact) mass is 357 g/mol. The van der Waals surface area contributed by atoms with Crippen molar-refractivity contribution in [3.05, 3.63) is 33.4 Å². The molecule has 1 aromatic rings. The highest BCUT2D eigenvalue weighted by atomic mass is 16.6. The number of rotatable bonds is 1. The van der Waals surface area contributed by atoms with E-state index in [9.17, 15) is 20.3 Å². The molecular weight excluding hydrogens is 330 g/mol. The van der Waals surface area contributed by atoms with E-state index in [1.165, 1.54) is 6.07 Å². The van der Waals surface area contributed by atoms with Crippen molar-refractivity contribution in [1.29, 1.82) is 0 Å². The highest BCUT2D eigenvalue weighted by molar-refractivity contribution is 5.57. The van der Waals surface area contributed by atoms with E-state index in [-0.39, 0.29) is 16.9 Å². The fourth-order valence-electron chi connectivity index (χ4n) is 7.55. The summed E-state index contributed by atoms with van der Waals surface area (Å²) in [5.41, 5.74) is 1.23. The van der Waals surface area contributed by atoms with Crippen LogP contribution >= 0.6 is 0 Å². The van der Waals surface area contributed by atoms with E-state index in [4.69, 9.17) is 0 Å². The summed E-state index contributed by atoms with van der Waals surface area (Å²) in [5.74, 6) is 1.84. The molecule has 5 aliphatic carbocycles. The standard InChI is InChI=1S/C21H27NO4/c1-20-9-8-14-13-4-5-17(23)19(22(25)26)16(13)3-2-15(14)18(20)12-6-10-21(20,24)11-7-12/h4-5,12,14-15,18,23-24H,2-3,6-11H2,1H3/t12?,14-,15-,18?,20+,21?/m1/s1. The minimum atomic E-state index is -0.515. The smallest absolute Gasteiger partial charge is 0.314 e. The largest absolute Gasteiger partial charge is 0.502 e. The molecule has 5 nitrogen and oxygen atoms in total. The quantitative estimate of drug-likeness (QED) is 0.580. The number of fused-ring (bicyclic) bond motifs is 5. The molecule has 1 unspecified atom stereocenters. The van der Waals surface area contributed by atoms with Crippen molar-refractivity contribution in [2.45, 2.75) is 69.8 Å². The third-order valence-corrected chi connectivity index (χ3v) is 8.72. The number of nitro groups is 1. The number of aromatic hydroxyl groups is 1. The Morgan fingerprint density at radius 2 is 1.88 bits per heavy atom. The number of nitro benzene ring substituents is 1. The molecule has 2 N–H and O–H groups in total. The van der Waals surface area contributed by atoms with Crippen LogP contribution in [0.1, 0.15) is 68.9 Å². The van der Waals surface area contributed by atoms with E-state index >= 15 is 0 Å². The Hall–Kier alpha value is -1.62. The number of benzene rings is 1. The summed E-state index contributed by atoms with van der Waals surface area (Å²) in [7, 11) is 0. The van der Waals surface area contributed by atoms with Crippen LogP contribution in [0.25, 0.3) is 0 Å². The Bertz CT molecular complexity index is 782. The fourth-order valence-corrected chi connectivity index (χ4v) is 7.55. The van der Waals surface area contributed by atoms with Gasteiger partial charge in [0.2, 0.25) is 0 Å². The van der Waals surface area contributed by atoms with Crippen LogP contribution in [0, 0.1) is 33.3 Å². The molecule has 0 aromatic heterocycles. The summed E-state index contributed by atoms with van der Waals surface area (Å²) in [5, 5.41) is 32.9. The van der Waals surface area contributed by atoms with E-state index in [0.29, 0.717) is 30.1 Å². The minimum Gasteiger partial charge on any atom is -0.502 e. The van der Waals surface area contributed by atoms with Gasteiger partial charge in [-0.2, -0.15) is 0 Å². The third-order valence-electron chi connectivity index (χ3n) is 8.72. The predicted molar refractivity (Wildman–Crippen MR) is 97.1 cm³/mol. The molecule has 140 valence electrons. The molecule has 0 spiro atoms. The molecule has 1 aromatic carbocycles. The van der Waals surface area contributed by atoms with Crippen LogP contribution in [0.15, 0.2) is 12.1 Å². The molecule has 5 heteroatoms.